The summed E-state index contributed by atoms with van der Waals surface area (Å²) in [6, 6.07) is 4.56. The van der Waals surface area contributed by atoms with E-state index in [0.29, 0.717) is 11.1 Å². The zero-order valence-corrected chi connectivity index (χ0v) is 13.5. The van der Waals surface area contributed by atoms with Crippen molar-refractivity contribution < 1.29 is 8.78 Å². The van der Waals surface area contributed by atoms with Crippen LogP contribution in [0.1, 0.15) is 51.1 Å². The molecule has 0 bridgehead atoms. The predicted molar refractivity (Wildman–Crippen MR) is 84.4 cm³/mol. The van der Waals surface area contributed by atoms with Gasteiger partial charge in [-0.3, -0.25) is 0 Å². The summed E-state index contributed by atoms with van der Waals surface area (Å²) < 4.78 is 27.4. The first kappa shape index (κ1) is 15.0. The van der Waals surface area contributed by atoms with Gasteiger partial charge in [0.1, 0.15) is 11.6 Å². The molecule has 112 valence electrons. The molecular formula is C17H17ClF2S. The highest BCUT2D eigenvalue weighted by Gasteiger charge is 2.21. The Morgan fingerprint density at radius 3 is 2.62 bits per heavy atom. The third-order valence-electron chi connectivity index (χ3n) is 4.07. The zero-order valence-electron chi connectivity index (χ0n) is 11.9. The molecule has 2 aromatic rings. The van der Waals surface area contributed by atoms with Gasteiger partial charge >= 0.3 is 0 Å². The smallest absolute Gasteiger partial charge is 0.131 e. The third-order valence-corrected chi connectivity index (χ3v) is 5.97. The summed E-state index contributed by atoms with van der Waals surface area (Å²) in [5, 5.41) is -0.541. The average molecular weight is 327 g/mol. The molecule has 1 heterocycles. The molecule has 1 aromatic heterocycles. The van der Waals surface area contributed by atoms with Gasteiger partial charge in [-0.05, 0) is 55.9 Å². The number of hydrogen-bond donors (Lipinski definition) is 0. The van der Waals surface area contributed by atoms with Crippen LogP contribution in [0.3, 0.4) is 0 Å². The van der Waals surface area contributed by atoms with Crippen molar-refractivity contribution in [2.45, 2.75) is 44.4 Å². The highest BCUT2D eigenvalue weighted by Crippen LogP contribution is 2.39. The van der Waals surface area contributed by atoms with Crippen LogP contribution in [0, 0.1) is 18.6 Å². The molecule has 0 N–H and O–H groups in total. The van der Waals surface area contributed by atoms with Crippen molar-refractivity contribution in [3.8, 4) is 0 Å². The second kappa shape index (κ2) is 6.05. The highest BCUT2D eigenvalue weighted by atomic mass is 35.5. The quantitative estimate of drug-likeness (QED) is 0.474. The van der Waals surface area contributed by atoms with E-state index in [0.717, 1.165) is 23.8 Å². The van der Waals surface area contributed by atoms with Crippen molar-refractivity contribution >= 4 is 22.9 Å². The Hall–Kier alpha value is -0.930. The molecule has 1 atom stereocenters. The standard InChI is InChI=1S/C17H17ClF2S/c1-10-7-12(14(20)9-13(10)19)17(18)16-8-11-5-3-2-4-6-15(11)21-16/h7-9,17H,2-6H2,1H3. The number of fused-ring (bicyclic) bond motifs is 1. The van der Waals surface area contributed by atoms with E-state index in [4.69, 9.17) is 11.6 Å². The van der Waals surface area contributed by atoms with E-state index in [2.05, 4.69) is 6.07 Å². The molecule has 0 aliphatic heterocycles. The SMILES string of the molecule is Cc1cc(C(Cl)c2cc3c(s2)CCCCC3)c(F)cc1F. The van der Waals surface area contributed by atoms with Crippen LogP contribution in [-0.2, 0) is 12.8 Å². The van der Waals surface area contributed by atoms with Gasteiger partial charge in [-0.25, -0.2) is 8.78 Å². The normalized spacial score (nSPS) is 16.4. The lowest BCUT2D eigenvalue weighted by atomic mass is 10.0. The molecule has 0 radical (unpaired) electrons. The summed E-state index contributed by atoms with van der Waals surface area (Å²) >= 11 is 8.15. The van der Waals surface area contributed by atoms with Crippen LogP contribution in [-0.4, -0.2) is 0 Å². The number of aryl methyl sites for hydroxylation is 3. The summed E-state index contributed by atoms with van der Waals surface area (Å²) in [7, 11) is 0. The molecule has 0 nitrogen and oxygen atoms in total. The number of alkyl halides is 1. The molecule has 0 fully saturated rings. The minimum Gasteiger partial charge on any atom is -0.207 e. The summed E-state index contributed by atoms with van der Waals surface area (Å²) in [5.74, 6) is -1.09. The van der Waals surface area contributed by atoms with E-state index in [1.807, 2.05) is 0 Å². The van der Waals surface area contributed by atoms with Gasteiger partial charge in [-0.15, -0.1) is 22.9 Å². The Bertz CT molecular complexity index is 640. The summed E-state index contributed by atoms with van der Waals surface area (Å²) in [6.45, 7) is 1.63. The van der Waals surface area contributed by atoms with E-state index in [1.165, 1.54) is 35.8 Å². The molecule has 4 heteroatoms. The maximum atomic E-state index is 14.0. The van der Waals surface area contributed by atoms with Crippen LogP contribution in [0.25, 0.3) is 0 Å². The van der Waals surface area contributed by atoms with Gasteiger partial charge in [0.2, 0.25) is 0 Å². The van der Waals surface area contributed by atoms with Gasteiger partial charge in [-0.1, -0.05) is 6.42 Å². The molecule has 0 amide bonds. The van der Waals surface area contributed by atoms with E-state index >= 15 is 0 Å². The average Bonchev–Trinajstić information content (AvgIpc) is 2.73. The van der Waals surface area contributed by atoms with Crippen molar-refractivity contribution in [2.75, 3.05) is 0 Å². The molecule has 1 aliphatic rings. The second-order valence-electron chi connectivity index (χ2n) is 5.64. The maximum absolute atomic E-state index is 14.0. The van der Waals surface area contributed by atoms with Crippen LogP contribution in [0.2, 0.25) is 0 Å². The molecule has 3 rings (SSSR count). The fourth-order valence-corrected chi connectivity index (χ4v) is 4.46. The van der Waals surface area contributed by atoms with Crippen molar-refractivity contribution in [2.24, 2.45) is 0 Å². The molecule has 0 saturated carbocycles. The highest BCUT2D eigenvalue weighted by molar-refractivity contribution is 7.12. The van der Waals surface area contributed by atoms with Gasteiger partial charge in [0.05, 0.1) is 5.38 Å². The van der Waals surface area contributed by atoms with Crippen molar-refractivity contribution in [3.63, 3.8) is 0 Å². The van der Waals surface area contributed by atoms with Crippen molar-refractivity contribution in [3.05, 3.63) is 56.3 Å². The minimum absolute atomic E-state index is 0.368. The third kappa shape index (κ3) is 3.00. The number of thiophene rings is 1. The summed E-state index contributed by atoms with van der Waals surface area (Å²) in [6.07, 6.45) is 5.87. The lowest BCUT2D eigenvalue weighted by molar-refractivity contribution is 0.568. The van der Waals surface area contributed by atoms with Gasteiger partial charge < -0.3 is 0 Å². The lowest BCUT2D eigenvalue weighted by Crippen LogP contribution is -1.98. The van der Waals surface area contributed by atoms with E-state index < -0.39 is 17.0 Å². The van der Waals surface area contributed by atoms with Crippen LogP contribution >= 0.6 is 22.9 Å². The first-order valence-corrected chi connectivity index (χ1v) is 8.52. The minimum atomic E-state index is -0.568. The summed E-state index contributed by atoms with van der Waals surface area (Å²) in [4.78, 5) is 2.35. The fourth-order valence-electron chi connectivity index (χ4n) is 2.84. The molecule has 1 unspecified atom stereocenters. The second-order valence-corrected chi connectivity index (χ2v) is 7.25. The van der Waals surface area contributed by atoms with Crippen LogP contribution in [0.15, 0.2) is 18.2 Å². The molecule has 0 spiro atoms. The Morgan fingerprint density at radius 1 is 1.05 bits per heavy atom. The van der Waals surface area contributed by atoms with Crippen molar-refractivity contribution in [1.82, 2.24) is 0 Å². The van der Waals surface area contributed by atoms with Gasteiger partial charge in [0.15, 0.2) is 0 Å². The fraction of sp³-hybridized carbons (Fsp3) is 0.412. The largest absolute Gasteiger partial charge is 0.207 e. The number of hydrogen-bond acceptors (Lipinski definition) is 1. The molecule has 21 heavy (non-hydrogen) atoms. The van der Waals surface area contributed by atoms with Gasteiger partial charge in [0.25, 0.3) is 0 Å². The van der Waals surface area contributed by atoms with E-state index in [9.17, 15) is 8.78 Å². The maximum Gasteiger partial charge on any atom is 0.131 e. The van der Waals surface area contributed by atoms with Gasteiger partial charge in [-0.2, -0.15) is 0 Å². The first-order valence-electron chi connectivity index (χ1n) is 7.27. The number of halogens is 3. The monoisotopic (exact) mass is 326 g/mol. The Balaban J connectivity index is 1.95. The number of rotatable bonds is 2. The van der Waals surface area contributed by atoms with E-state index in [1.54, 1.807) is 18.3 Å². The molecule has 1 aliphatic carbocycles. The lowest BCUT2D eigenvalue weighted by Gasteiger charge is -2.11. The Kier molecular flexibility index (Phi) is 4.32. The van der Waals surface area contributed by atoms with Crippen LogP contribution in [0.4, 0.5) is 8.78 Å². The molecular weight excluding hydrogens is 310 g/mol. The summed E-state index contributed by atoms with van der Waals surface area (Å²) in [5.41, 5.74) is 2.15. The first-order chi connectivity index (χ1) is 10.1. The Morgan fingerprint density at radius 2 is 1.81 bits per heavy atom. The molecule has 0 saturated heterocycles. The topological polar surface area (TPSA) is 0 Å². The zero-order chi connectivity index (χ0) is 15.0. The van der Waals surface area contributed by atoms with Gasteiger partial charge in [0, 0.05) is 21.4 Å². The number of benzene rings is 1. The predicted octanol–water partition coefficient (Wildman–Crippen LogP) is 5.93. The Labute approximate surface area is 132 Å². The van der Waals surface area contributed by atoms with E-state index in [-0.39, 0.29) is 0 Å². The van der Waals surface area contributed by atoms with Crippen molar-refractivity contribution in [1.29, 1.82) is 0 Å². The van der Waals surface area contributed by atoms with Crippen LogP contribution in [0.5, 0.6) is 0 Å². The van der Waals surface area contributed by atoms with Crippen LogP contribution < -0.4 is 0 Å². The molecule has 1 aromatic carbocycles.